The first-order chi connectivity index (χ1) is 8.44. The van der Waals surface area contributed by atoms with Crippen LogP contribution in [0, 0.1) is 0 Å². The number of aromatic nitrogens is 1. The minimum absolute atomic E-state index is 0.115. The number of hydrogen-bond acceptors (Lipinski definition) is 6. The average Bonchev–Trinajstić information content (AvgIpc) is 2.68. The highest BCUT2D eigenvalue weighted by atomic mass is 32.2. The topological polar surface area (TPSA) is 76.3 Å². The van der Waals surface area contributed by atoms with Crippen molar-refractivity contribution < 1.29 is 8.42 Å². The van der Waals surface area contributed by atoms with Gasteiger partial charge in [0.2, 0.25) is 0 Å². The van der Waals surface area contributed by atoms with E-state index in [1.807, 2.05) is 18.9 Å². The van der Waals surface area contributed by atoms with E-state index in [1.165, 1.54) is 0 Å². The summed E-state index contributed by atoms with van der Waals surface area (Å²) in [5.41, 5.74) is 5.72. The number of anilines is 2. The van der Waals surface area contributed by atoms with E-state index >= 15 is 0 Å². The Kier molecular flexibility index (Phi) is 5.40. The summed E-state index contributed by atoms with van der Waals surface area (Å²) in [7, 11) is -1.43. The van der Waals surface area contributed by atoms with Crippen molar-refractivity contribution in [3.05, 3.63) is 0 Å². The Morgan fingerprint density at radius 2 is 2.00 bits per heavy atom. The Morgan fingerprint density at radius 3 is 2.56 bits per heavy atom. The van der Waals surface area contributed by atoms with E-state index in [4.69, 9.17) is 5.73 Å². The SMILES string of the molecule is CCCCN(C)c1snc(N)c1S(=O)(=O)CCC. The molecule has 0 aliphatic rings. The van der Waals surface area contributed by atoms with Gasteiger partial charge < -0.3 is 10.6 Å². The number of unbranched alkanes of at least 4 members (excludes halogenated alkanes) is 1. The highest BCUT2D eigenvalue weighted by Gasteiger charge is 2.26. The van der Waals surface area contributed by atoms with Gasteiger partial charge in [0.05, 0.1) is 5.75 Å². The van der Waals surface area contributed by atoms with Gasteiger partial charge in [0, 0.05) is 13.6 Å². The third-order valence-electron chi connectivity index (χ3n) is 2.63. The van der Waals surface area contributed by atoms with Gasteiger partial charge in [-0.25, -0.2) is 8.42 Å². The fourth-order valence-corrected chi connectivity index (χ4v) is 4.46. The molecule has 2 N–H and O–H groups in total. The molecule has 5 nitrogen and oxygen atoms in total. The molecule has 0 fully saturated rings. The van der Waals surface area contributed by atoms with Crippen LogP contribution in [-0.2, 0) is 9.84 Å². The summed E-state index contributed by atoms with van der Waals surface area (Å²) in [6, 6.07) is 0. The Labute approximate surface area is 113 Å². The predicted octanol–water partition coefficient (Wildman–Crippen LogP) is 2.15. The van der Waals surface area contributed by atoms with Gasteiger partial charge in [-0.05, 0) is 24.4 Å². The summed E-state index contributed by atoms with van der Waals surface area (Å²) < 4.78 is 28.3. The van der Waals surface area contributed by atoms with Gasteiger partial charge in [0.1, 0.15) is 9.90 Å². The Bertz CT molecular complexity index is 482. The number of hydrogen-bond donors (Lipinski definition) is 1. The molecule has 0 spiro atoms. The van der Waals surface area contributed by atoms with Crippen molar-refractivity contribution in [1.82, 2.24) is 4.37 Å². The number of rotatable bonds is 7. The number of nitrogen functional groups attached to an aromatic ring is 1. The minimum Gasteiger partial charge on any atom is -0.382 e. The van der Waals surface area contributed by atoms with Crippen molar-refractivity contribution in [2.75, 3.05) is 30.0 Å². The number of sulfone groups is 1. The molecule has 104 valence electrons. The molecule has 1 aromatic heterocycles. The van der Waals surface area contributed by atoms with Crippen LogP contribution in [0.2, 0.25) is 0 Å². The largest absolute Gasteiger partial charge is 0.382 e. The first-order valence-electron chi connectivity index (χ1n) is 6.13. The molecule has 0 saturated carbocycles. The second kappa shape index (κ2) is 6.38. The molecular weight excluding hydrogens is 270 g/mol. The molecule has 0 atom stereocenters. The zero-order valence-electron chi connectivity index (χ0n) is 11.1. The van der Waals surface area contributed by atoms with Crippen LogP contribution < -0.4 is 10.6 Å². The van der Waals surface area contributed by atoms with Gasteiger partial charge in [-0.2, -0.15) is 4.37 Å². The van der Waals surface area contributed by atoms with Gasteiger partial charge in [-0.1, -0.05) is 20.3 Å². The standard InChI is InChI=1S/C11H21N3O2S2/c1-4-6-7-14(3)11-9(10(12)13-17-11)18(15,16)8-5-2/h4-8H2,1-3H3,(H2,12,13). The zero-order chi connectivity index (χ0) is 13.8. The van der Waals surface area contributed by atoms with Crippen molar-refractivity contribution in [1.29, 1.82) is 0 Å². The fourth-order valence-electron chi connectivity index (χ4n) is 1.69. The van der Waals surface area contributed by atoms with Crippen molar-refractivity contribution >= 4 is 32.2 Å². The normalized spacial score (nSPS) is 11.7. The van der Waals surface area contributed by atoms with Gasteiger partial charge >= 0.3 is 0 Å². The van der Waals surface area contributed by atoms with Crippen LogP contribution in [0.15, 0.2) is 4.90 Å². The summed E-state index contributed by atoms with van der Waals surface area (Å²) in [5, 5.41) is 0.661. The maximum absolute atomic E-state index is 12.2. The van der Waals surface area contributed by atoms with Crippen LogP contribution in [0.1, 0.15) is 33.1 Å². The molecule has 0 radical (unpaired) electrons. The second-order valence-corrected chi connectivity index (χ2v) is 7.09. The third-order valence-corrected chi connectivity index (χ3v) is 5.71. The highest BCUT2D eigenvalue weighted by molar-refractivity contribution is 7.91. The van der Waals surface area contributed by atoms with Crippen molar-refractivity contribution in [3.63, 3.8) is 0 Å². The number of nitrogens with two attached hydrogens (primary N) is 1. The van der Waals surface area contributed by atoms with E-state index in [1.54, 1.807) is 0 Å². The quantitative estimate of drug-likeness (QED) is 0.833. The fraction of sp³-hybridized carbons (Fsp3) is 0.727. The summed E-state index contributed by atoms with van der Waals surface area (Å²) in [6.45, 7) is 4.75. The van der Waals surface area contributed by atoms with Crippen molar-refractivity contribution in [2.24, 2.45) is 0 Å². The molecule has 0 unspecified atom stereocenters. The Hall–Kier alpha value is -0.820. The molecule has 18 heavy (non-hydrogen) atoms. The molecule has 0 aromatic carbocycles. The Morgan fingerprint density at radius 1 is 1.33 bits per heavy atom. The van der Waals surface area contributed by atoms with Gasteiger partial charge in [0.15, 0.2) is 15.7 Å². The second-order valence-electron chi connectivity index (χ2n) is 4.30. The van der Waals surface area contributed by atoms with E-state index in [0.717, 1.165) is 30.9 Å². The van der Waals surface area contributed by atoms with Crippen LogP contribution >= 0.6 is 11.5 Å². The maximum atomic E-state index is 12.2. The lowest BCUT2D eigenvalue weighted by Crippen LogP contribution is -2.20. The third kappa shape index (κ3) is 3.35. The van der Waals surface area contributed by atoms with Crippen LogP contribution in [-0.4, -0.2) is 32.1 Å². The van der Waals surface area contributed by atoms with Gasteiger partial charge in [-0.3, -0.25) is 0 Å². The summed E-state index contributed by atoms with van der Waals surface area (Å²) in [5.74, 6) is 0.247. The first-order valence-corrected chi connectivity index (χ1v) is 8.55. The highest BCUT2D eigenvalue weighted by Crippen LogP contribution is 2.35. The predicted molar refractivity (Wildman–Crippen MR) is 77.0 cm³/mol. The van der Waals surface area contributed by atoms with Crippen molar-refractivity contribution in [2.45, 2.75) is 38.0 Å². The summed E-state index contributed by atoms with van der Waals surface area (Å²) in [4.78, 5) is 2.15. The van der Waals surface area contributed by atoms with Crippen LogP contribution in [0.5, 0.6) is 0 Å². The molecule has 0 aliphatic carbocycles. The van der Waals surface area contributed by atoms with E-state index in [-0.39, 0.29) is 16.5 Å². The average molecular weight is 291 g/mol. The Balaban J connectivity index is 3.09. The molecule has 0 aliphatic heterocycles. The van der Waals surface area contributed by atoms with E-state index in [9.17, 15) is 8.42 Å². The molecule has 0 amide bonds. The molecule has 0 bridgehead atoms. The smallest absolute Gasteiger partial charge is 0.185 e. The first kappa shape index (κ1) is 15.2. The molecule has 7 heteroatoms. The lowest BCUT2D eigenvalue weighted by molar-refractivity contribution is 0.595. The minimum atomic E-state index is -3.32. The van der Waals surface area contributed by atoms with E-state index < -0.39 is 9.84 Å². The molecule has 1 heterocycles. The monoisotopic (exact) mass is 291 g/mol. The van der Waals surface area contributed by atoms with E-state index in [2.05, 4.69) is 11.3 Å². The van der Waals surface area contributed by atoms with Crippen LogP contribution in [0.3, 0.4) is 0 Å². The molecular formula is C11H21N3O2S2. The van der Waals surface area contributed by atoms with Crippen LogP contribution in [0.25, 0.3) is 0 Å². The lowest BCUT2D eigenvalue weighted by Gasteiger charge is -2.18. The van der Waals surface area contributed by atoms with Crippen LogP contribution in [0.4, 0.5) is 10.8 Å². The molecule has 1 aromatic rings. The number of nitrogens with zero attached hydrogens (tertiary/aromatic N) is 2. The summed E-state index contributed by atoms with van der Waals surface area (Å²) in [6.07, 6.45) is 2.66. The molecule has 0 saturated heterocycles. The molecule has 1 rings (SSSR count). The maximum Gasteiger partial charge on any atom is 0.185 e. The summed E-state index contributed by atoms with van der Waals surface area (Å²) >= 11 is 1.16. The van der Waals surface area contributed by atoms with Gasteiger partial charge in [-0.15, -0.1) is 0 Å². The van der Waals surface area contributed by atoms with Crippen molar-refractivity contribution in [3.8, 4) is 0 Å². The van der Waals surface area contributed by atoms with E-state index in [0.29, 0.717) is 11.4 Å². The lowest BCUT2D eigenvalue weighted by atomic mass is 10.3. The van der Waals surface area contributed by atoms with Gasteiger partial charge in [0.25, 0.3) is 0 Å². The zero-order valence-corrected chi connectivity index (χ0v) is 12.8.